The number of halogens is 1. The van der Waals surface area contributed by atoms with E-state index in [1.807, 2.05) is 30.0 Å². The highest BCUT2D eigenvalue weighted by Crippen LogP contribution is 2.44. The van der Waals surface area contributed by atoms with Gasteiger partial charge in [0.1, 0.15) is 5.69 Å². The highest BCUT2D eigenvalue weighted by atomic mass is 35.5. The highest BCUT2D eigenvalue weighted by Gasteiger charge is 2.42. The van der Waals surface area contributed by atoms with Crippen molar-refractivity contribution in [2.24, 2.45) is 0 Å². The van der Waals surface area contributed by atoms with E-state index in [1.54, 1.807) is 31.4 Å². The molecule has 2 heterocycles. The fourth-order valence-electron chi connectivity index (χ4n) is 3.95. The number of hydrogen-bond acceptors (Lipinski definition) is 5. The van der Waals surface area contributed by atoms with Gasteiger partial charge < -0.3 is 19.5 Å². The van der Waals surface area contributed by atoms with Crippen LogP contribution in [0.1, 0.15) is 41.0 Å². The number of carbonyl (C=O) groups is 1. The molecule has 0 saturated carbocycles. The van der Waals surface area contributed by atoms with Crippen molar-refractivity contribution < 1.29 is 19.4 Å². The molecule has 8 heteroatoms. The Morgan fingerprint density at radius 2 is 2.00 bits per heavy atom. The summed E-state index contributed by atoms with van der Waals surface area (Å²) in [5.74, 6) is 0.329. The number of carbonyl (C=O) groups excluding carboxylic acids is 1. The van der Waals surface area contributed by atoms with Gasteiger partial charge >= 0.3 is 0 Å². The van der Waals surface area contributed by atoms with E-state index in [0.29, 0.717) is 48.3 Å². The summed E-state index contributed by atoms with van der Waals surface area (Å²) < 4.78 is 10.8. The molecule has 1 amide bonds. The van der Waals surface area contributed by atoms with E-state index in [1.165, 1.54) is 0 Å². The number of amides is 1. The van der Waals surface area contributed by atoms with Crippen LogP contribution in [0.2, 0.25) is 5.02 Å². The average Bonchev–Trinajstić information content (AvgIpc) is 3.30. The van der Waals surface area contributed by atoms with Crippen LogP contribution < -0.4 is 4.74 Å². The van der Waals surface area contributed by atoms with Gasteiger partial charge in [-0.15, -0.1) is 0 Å². The first-order valence-corrected chi connectivity index (χ1v) is 10.5. The Morgan fingerprint density at radius 3 is 2.71 bits per heavy atom. The summed E-state index contributed by atoms with van der Waals surface area (Å²) in [5.41, 5.74) is 3.67. The standard InChI is InChI=1S/C23H24ClN3O4/c1-3-31-18-13-15(7-10-17(18)28)22-19-20(14-5-8-16(24)9-6-14)25-26-21(19)23(29)27(22)11-4-12-30-2/h5-10,13,22,28H,3-4,11-12H2,1-2H3,(H,25,26). The molecular weight excluding hydrogens is 418 g/mol. The molecular formula is C23H24ClN3O4. The first kappa shape index (κ1) is 21.2. The van der Waals surface area contributed by atoms with Crippen molar-refractivity contribution in [2.75, 3.05) is 26.9 Å². The molecule has 4 rings (SSSR count). The van der Waals surface area contributed by atoms with E-state index in [4.69, 9.17) is 21.1 Å². The Labute approximate surface area is 185 Å². The fourth-order valence-corrected chi connectivity index (χ4v) is 4.08. The maximum atomic E-state index is 13.3. The summed E-state index contributed by atoms with van der Waals surface area (Å²) in [4.78, 5) is 15.1. The number of phenols is 1. The van der Waals surface area contributed by atoms with E-state index in [-0.39, 0.29) is 17.7 Å². The van der Waals surface area contributed by atoms with Crippen molar-refractivity contribution in [1.29, 1.82) is 0 Å². The number of phenolic OH excluding ortho intramolecular Hbond substituents is 1. The first-order valence-electron chi connectivity index (χ1n) is 10.1. The van der Waals surface area contributed by atoms with Gasteiger partial charge in [0, 0.05) is 36.4 Å². The average molecular weight is 442 g/mol. The number of aromatic hydroxyl groups is 1. The topological polar surface area (TPSA) is 87.7 Å². The molecule has 2 aromatic carbocycles. The van der Waals surface area contributed by atoms with E-state index >= 15 is 0 Å². The summed E-state index contributed by atoms with van der Waals surface area (Å²) in [6, 6.07) is 12.2. The molecule has 1 unspecified atom stereocenters. The van der Waals surface area contributed by atoms with E-state index in [2.05, 4.69) is 10.2 Å². The molecule has 0 fully saturated rings. The van der Waals surface area contributed by atoms with Crippen LogP contribution in [0.4, 0.5) is 0 Å². The van der Waals surface area contributed by atoms with E-state index in [0.717, 1.165) is 16.7 Å². The molecule has 0 aliphatic carbocycles. The second-order valence-corrected chi connectivity index (χ2v) is 7.71. The van der Waals surface area contributed by atoms with Crippen molar-refractivity contribution >= 4 is 17.5 Å². The number of fused-ring (bicyclic) bond motifs is 1. The zero-order valence-corrected chi connectivity index (χ0v) is 18.1. The molecule has 0 saturated heterocycles. The third-order valence-corrected chi connectivity index (χ3v) is 5.58. The van der Waals surface area contributed by atoms with E-state index < -0.39 is 0 Å². The second-order valence-electron chi connectivity index (χ2n) is 7.28. The number of aromatic amines is 1. The first-order chi connectivity index (χ1) is 15.0. The minimum atomic E-state index is -0.372. The molecule has 3 aromatic rings. The quantitative estimate of drug-likeness (QED) is 0.505. The van der Waals surface area contributed by atoms with Gasteiger partial charge in [0.15, 0.2) is 11.5 Å². The predicted molar refractivity (Wildman–Crippen MR) is 118 cm³/mol. The molecule has 31 heavy (non-hydrogen) atoms. The SMILES string of the molecule is CCOc1cc(C2c3c(-c4ccc(Cl)cc4)n[nH]c3C(=O)N2CCCOC)ccc1O. The maximum Gasteiger partial charge on any atom is 0.273 e. The third-order valence-electron chi connectivity index (χ3n) is 5.33. The predicted octanol–water partition coefficient (Wildman–Crippen LogP) is 4.42. The van der Waals surface area contributed by atoms with Gasteiger partial charge in [-0.2, -0.15) is 5.10 Å². The zero-order valence-electron chi connectivity index (χ0n) is 17.4. The summed E-state index contributed by atoms with van der Waals surface area (Å²) in [6.45, 7) is 3.34. The fraction of sp³-hybridized carbons (Fsp3) is 0.304. The summed E-state index contributed by atoms with van der Waals surface area (Å²) >= 11 is 6.05. The largest absolute Gasteiger partial charge is 0.504 e. The number of aromatic nitrogens is 2. The molecule has 2 N–H and O–H groups in total. The molecule has 1 aromatic heterocycles. The van der Waals surface area contributed by atoms with Crippen LogP contribution in [0.15, 0.2) is 42.5 Å². The lowest BCUT2D eigenvalue weighted by atomic mass is 9.95. The van der Waals surface area contributed by atoms with Gasteiger partial charge in [-0.1, -0.05) is 29.8 Å². The number of methoxy groups -OCH3 is 1. The minimum absolute atomic E-state index is 0.0613. The number of nitrogens with zero attached hydrogens (tertiary/aromatic N) is 2. The Hall–Kier alpha value is -3.03. The van der Waals surface area contributed by atoms with E-state index in [9.17, 15) is 9.90 Å². The molecule has 1 atom stereocenters. The van der Waals surface area contributed by atoms with Gasteiger partial charge in [0.2, 0.25) is 0 Å². The van der Waals surface area contributed by atoms with Crippen molar-refractivity contribution in [1.82, 2.24) is 15.1 Å². The van der Waals surface area contributed by atoms with Gasteiger partial charge in [-0.3, -0.25) is 9.89 Å². The van der Waals surface area contributed by atoms with Crippen LogP contribution in [0.3, 0.4) is 0 Å². The monoisotopic (exact) mass is 441 g/mol. The molecule has 0 spiro atoms. The zero-order chi connectivity index (χ0) is 22.0. The van der Waals surface area contributed by atoms with Crippen molar-refractivity contribution in [3.05, 3.63) is 64.3 Å². The number of nitrogens with one attached hydrogen (secondary N) is 1. The van der Waals surface area contributed by atoms with Crippen LogP contribution in [0, 0.1) is 0 Å². The maximum absolute atomic E-state index is 13.3. The Morgan fingerprint density at radius 1 is 1.23 bits per heavy atom. The molecule has 0 radical (unpaired) electrons. The summed E-state index contributed by atoms with van der Waals surface area (Å²) in [6.07, 6.45) is 0.698. The number of rotatable bonds is 8. The van der Waals surface area contributed by atoms with Gasteiger partial charge in [-0.05, 0) is 43.2 Å². The molecule has 162 valence electrons. The normalized spacial score (nSPS) is 15.4. The van der Waals surface area contributed by atoms with Crippen LogP contribution in [-0.2, 0) is 4.74 Å². The summed E-state index contributed by atoms with van der Waals surface area (Å²) in [7, 11) is 1.64. The van der Waals surface area contributed by atoms with Crippen LogP contribution >= 0.6 is 11.6 Å². The van der Waals surface area contributed by atoms with Gasteiger partial charge in [-0.25, -0.2) is 0 Å². The lowest BCUT2D eigenvalue weighted by Gasteiger charge is -2.26. The molecule has 1 aliphatic heterocycles. The highest BCUT2D eigenvalue weighted by molar-refractivity contribution is 6.30. The van der Waals surface area contributed by atoms with Crippen molar-refractivity contribution in [2.45, 2.75) is 19.4 Å². The number of hydrogen-bond donors (Lipinski definition) is 2. The minimum Gasteiger partial charge on any atom is -0.504 e. The Kier molecular flexibility index (Phi) is 6.15. The molecule has 0 bridgehead atoms. The van der Waals surface area contributed by atoms with Crippen LogP contribution in [0.5, 0.6) is 11.5 Å². The number of ether oxygens (including phenoxy) is 2. The smallest absolute Gasteiger partial charge is 0.273 e. The molecule has 7 nitrogen and oxygen atoms in total. The van der Waals surface area contributed by atoms with Gasteiger partial charge in [0.25, 0.3) is 5.91 Å². The lowest BCUT2D eigenvalue weighted by Crippen LogP contribution is -2.31. The second kappa shape index (κ2) is 8.99. The van der Waals surface area contributed by atoms with Crippen molar-refractivity contribution in [3.8, 4) is 22.8 Å². The van der Waals surface area contributed by atoms with Gasteiger partial charge in [0.05, 0.1) is 18.3 Å². The van der Waals surface area contributed by atoms with Crippen LogP contribution in [0.25, 0.3) is 11.3 Å². The Balaban J connectivity index is 1.82. The summed E-state index contributed by atoms with van der Waals surface area (Å²) in [5, 5.41) is 18.2. The van der Waals surface area contributed by atoms with Crippen LogP contribution in [-0.4, -0.2) is 53.0 Å². The number of benzene rings is 2. The lowest BCUT2D eigenvalue weighted by molar-refractivity contribution is 0.0723. The molecule has 1 aliphatic rings. The number of H-pyrrole nitrogens is 1. The Bertz CT molecular complexity index is 1080. The third kappa shape index (κ3) is 3.98. The van der Waals surface area contributed by atoms with Crippen molar-refractivity contribution in [3.63, 3.8) is 0 Å².